The van der Waals surface area contributed by atoms with Gasteiger partial charge in [0.05, 0.1) is 0 Å². The summed E-state index contributed by atoms with van der Waals surface area (Å²) < 4.78 is 26.8. The molecule has 2 aromatic carbocycles. The molecular weight excluding hydrogens is 344 g/mol. The molecule has 5 heteroatoms. The molecule has 1 unspecified atom stereocenters. The first-order chi connectivity index (χ1) is 9.54. The van der Waals surface area contributed by atoms with Gasteiger partial charge in [-0.25, -0.2) is 8.78 Å². The zero-order chi connectivity index (χ0) is 14.5. The zero-order valence-electron chi connectivity index (χ0n) is 10.7. The molecule has 0 heterocycles. The summed E-state index contributed by atoms with van der Waals surface area (Å²) in [6, 6.07) is 10.8. The van der Waals surface area contributed by atoms with Crippen LogP contribution in [0.25, 0.3) is 0 Å². The van der Waals surface area contributed by atoms with E-state index in [1.54, 1.807) is 30.0 Å². The van der Waals surface area contributed by atoms with Gasteiger partial charge in [0.2, 0.25) is 0 Å². The molecular formula is C15H14BrF2NS. The first kappa shape index (κ1) is 15.5. The molecule has 1 nitrogen and oxygen atoms in total. The maximum absolute atomic E-state index is 13.2. The third-order valence-electron chi connectivity index (χ3n) is 2.77. The Morgan fingerprint density at radius 2 is 1.70 bits per heavy atom. The maximum Gasteiger partial charge on any atom is 0.123 e. The van der Waals surface area contributed by atoms with Crippen molar-refractivity contribution in [3.8, 4) is 0 Å². The van der Waals surface area contributed by atoms with Crippen molar-refractivity contribution in [3.63, 3.8) is 0 Å². The molecule has 106 valence electrons. The quantitative estimate of drug-likeness (QED) is 0.803. The number of hydrogen-bond donors (Lipinski definition) is 1. The van der Waals surface area contributed by atoms with E-state index in [0.29, 0.717) is 12.2 Å². The van der Waals surface area contributed by atoms with Crippen LogP contribution in [0.4, 0.5) is 8.78 Å². The molecule has 0 radical (unpaired) electrons. The van der Waals surface area contributed by atoms with E-state index >= 15 is 0 Å². The highest BCUT2D eigenvalue weighted by atomic mass is 79.9. The van der Waals surface area contributed by atoms with Crippen LogP contribution in [0.3, 0.4) is 0 Å². The minimum atomic E-state index is -0.262. The molecule has 0 amide bonds. The minimum absolute atomic E-state index is 0.0943. The molecule has 2 N–H and O–H groups in total. The van der Waals surface area contributed by atoms with Gasteiger partial charge < -0.3 is 5.73 Å². The van der Waals surface area contributed by atoms with E-state index in [9.17, 15) is 8.78 Å². The summed E-state index contributed by atoms with van der Waals surface area (Å²) in [6.07, 6.45) is 0.590. The average Bonchev–Trinajstić information content (AvgIpc) is 2.42. The lowest BCUT2D eigenvalue weighted by molar-refractivity contribution is 0.622. The number of benzene rings is 2. The number of nitrogens with two attached hydrogens (primary N) is 1. The van der Waals surface area contributed by atoms with Gasteiger partial charge in [-0.15, -0.1) is 11.8 Å². The predicted molar refractivity (Wildman–Crippen MR) is 82.9 cm³/mol. The molecule has 0 aromatic heterocycles. The van der Waals surface area contributed by atoms with Crippen LogP contribution >= 0.6 is 27.7 Å². The second-order valence-corrected chi connectivity index (χ2v) is 6.41. The normalized spacial score (nSPS) is 12.4. The largest absolute Gasteiger partial charge is 0.327 e. The van der Waals surface area contributed by atoms with Crippen molar-refractivity contribution >= 4 is 27.7 Å². The Morgan fingerprint density at radius 1 is 1.05 bits per heavy atom. The van der Waals surface area contributed by atoms with Gasteiger partial charge in [0.25, 0.3) is 0 Å². The van der Waals surface area contributed by atoms with E-state index in [0.717, 1.165) is 14.9 Å². The van der Waals surface area contributed by atoms with Gasteiger partial charge in [-0.2, -0.15) is 0 Å². The fourth-order valence-corrected chi connectivity index (χ4v) is 3.04. The monoisotopic (exact) mass is 357 g/mol. The molecule has 0 spiro atoms. The lowest BCUT2D eigenvalue weighted by Crippen LogP contribution is -2.25. The Balaban J connectivity index is 1.90. The van der Waals surface area contributed by atoms with Gasteiger partial charge in [-0.3, -0.25) is 0 Å². The highest BCUT2D eigenvalue weighted by Crippen LogP contribution is 2.22. The lowest BCUT2D eigenvalue weighted by atomic mass is 10.1. The van der Waals surface area contributed by atoms with Gasteiger partial charge in [0.15, 0.2) is 0 Å². The summed E-state index contributed by atoms with van der Waals surface area (Å²) in [5.74, 6) is 0.179. The summed E-state index contributed by atoms with van der Waals surface area (Å²) in [5, 5.41) is 0. The summed E-state index contributed by atoms with van der Waals surface area (Å²) >= 11 is 4.96. The third-order valence-corrected chi connectivity index (χ3v) is 4.74. The molecule has 0 saturated carbocycles. The molecule has 0 saturated heterocycles. The van der Waals surface area contributed by atoms with Crippen LogP contribution in [0.5, 0.6) is 0 Å². The molecule has 0 fully saturated rings. The first-order valence-electron chi connectivity index (χ1n) is 6.12. The Labute approximate surface area is 129 Å². The third kappa shape index (κ3) is 4.58. The van der Waals surface area contributed by atoms with Gasteiger partial charge in [0.1, 0.15) is 11.6 Å². The summed E-state index contributed by atoms with van der Waals surface area (Å²) in [7, 11) is 0. The van der Waals surface area contributed by atoms with Gasteiger partial charge in [-0.05, 0) is 54.4 Å². The number of rotatable bonds is 5. The molecule has 1 atom stereocenters. The van der Waals surface area contributed by atoms with Crippen LogP contribution in [0, 0.1) is 11.6 Å². The predicted octanol–water partition coefficient (Wildman–Crippen LogP) is 4.39. The van der Waals surface area contributed by atoms with Crippen molar-refractivity contribution in [1.82, 2.24) is 0 Å². The van der Waals surface area contributed by atoms with E-state index in [4.69, 9.17) is 5.73 Å². The summed E-state index contributed by atoms with van der Waals surface area (Å²) in [6.45, 7) is 0. The van der Waals surface area contributed by atoms with E-state index < -0.39 is 0 Å². The van der Waals surface area contributed by atoms with E-state index in [-0.39, 0.29) is 17.7 Å². The highest BCUT2D eigenvalue weighted by molar-refractivity contribution is 9.10. The molecule has 0 aliphatic rings. The van der Waals surface area contributed by atoms with E-state index in [1.165, 1.54) is 24.3 Å². The molecule has 0 aliphatic heterocycles. The Hall–Kier alpha value is -0.910. The van der Waals surface area contributed by atoms with Gasteiger partial charge >= 0.3 is 0 Å². The molecule has 2 rings (SSSR count). The number of hydrogen-bond acceptors (Lipinski definition) is 2. The van der Waals surface area contributed by atoms with Crippen LogP contribution in [-0.4, -0.2) is 11.8 Å². The Kier molecular flexibility index (Phi) is 5.57. The standard InChI is InChI=1S/C15H14BrF2NS/c16-15-6-3-12(18)7-10(15)8-13(19)9-20-14-4-1-11(17)2-5-14/h1-7,13H,8-9,19H2. The number of halogens is 3. The van der Waals surface area contributed by atoms with Crippen molar-refractivity contribution in [2.75, 3.05) is 5.75 Å². The Morgan fingerprint density at radius 3 is 2.40 bits per heavy atom. The molecule has 20 heavy (non-hydrogen) atoms. The first-order valence-corrected chi connectivity index (χ1v) is 7.90. The Bertz CT molecular complexity index is 575. The summed E-state index contributed by atoms with van der Waals surface area (Å²) in [4.78, 5) is 0.972. The van der Waals surface area contributed by atoms with Crippen LogP contribution < -0.4 is 5.73 Å². The van der Waals surface area contributed by atoms with Gasteiger partial charge in [0, 0.05) is 21.2 Å². The van der Waals surface area contributed by atoms with Crippen molar-refractivity contribution in [1.29, 1.82) is 0 Å². The molecule has 0 bridgehead atoms. The zero-order valence-corrected chi connectivity index (χ0v) is 13.1. The molecule has 0 aliphatic carbocycles. The summed E-state index contributed by atoms with van der Waals surface area (Å²) in [5.41, 5.74) is 6.92. The van der Waals surface area contributed by atoms with E-state index in [1.807, 2.05) is 0 Å². The molecule has 2 aromatic rings. The van der Waals surface area contributed by atoms with Crippen molar-refractivity contribution < 1.29 is 8.78 Å². The smallest absolute Gasteiger partial charge is 0.123 e. The van der Waals surface area contributed by atoms with Crippen molar-refractivity contribution in [2.24, 2.45) is 5.73 Å². The van der Waals surface area contributed by atoms with Crippen LogP contribution in [0.2, 0.25) is 0 Å². The van der Waals surface area contributed by atoms with Crippen LogP contribution in [0.15, 0.2) is 51.8 Å². The topological polar surface area (TPSA) is 26.0 Å². The highest BCUT2D eigenvalue weighted by Gasteiger charge is 2.09. The van der Waals surface area contributed by atoms with Gasteiger partial charge in [-0.1, -0.05) is 15.9 Å². The minimum Gasteiger partial charge on any atom is -0.327 e. The van der Waals surface area contributed by atoms with Crippen LogP contribution in [0.1, 0.15) is 5.56 Å². The second kappa shape index (κ2) is 7.20. The lowest BCUT2D eigenvalue weighted by Gasteiger charge is -2.12. The fourth-order valence-electron chi connectivity index (χ4n) is 1.78. The fraction of sp³-hybridized carbons (Fsp3) is 0.200. The van der Waals surface area contributed by atoms with Crippen molar-refractivity contribution in [3.05, 3.63) is 64.1 Å². The van der Waals surface area contributed by atoms with Crippen LogP contribution in [-0.2, 0) is 6.42 Å². The average molecular weight is 358 g/mol. The van der Waals surface area contributed by atoms with E-state index in [2.05, 4.69) is 15.9 Å². The van der Waals surface area contributed by atoms with Crippen molar-refractivity contribution in [2.45, 2.75) is 17.4 Å². The number of thioether (sulfide) groups is 1. The second-order valence-electron chi connectivity index (χ2n) is 4.46. The SMILES string of the molecule is NC(CSc1ccc(F)cc1)Cc1cc(F)ccc1Br. The maximum atomic E-state index is 13.2.